The molecule has 1 heterocycles. The molecule has 0 aliphatic carbocycles. The average Bonchev–Trinajstić information content (AvgIpc) is 2.34. The van der Waals surface area contributed by atoms with Crippen LogP contribution in [0.25, 0.3) is 0 Å². The number of carbonyl (C=O) groups excluding carboxylic acids is 1. The van der Waals surface area contributed by atoms with Gasteiger partial charge in [-0.15, -0.1) is 0 Å². The lowest BCUT2D eigenvalue weighted by atomic mass is 10.1. The molecule has 0 unspecified atom stereocenters. The summed E-state index contributed by atoms with van der Waals surface area (Å²) in [5, 5.41) is 8.83. The monoisotopic (exact) mass is 289 g/mol. The first kappa shape index (κ1) is 13.0. The van der Waals surface area contributed by atoms with Crippen molar-refractivity contribution >= 4 is 21.7 Å². The molecular weight excluding hydrogens is 282 g/mol. The first-order chi connectivity index (χ1) is 8.10. The molecule has 84 valence electrons. The summed E-state index contributed by atoms with van der Waals surface area (Å²) in [5.74, 6) is -0.412. The van der Waals surface area contributed by atoms with Gasteiger partial charge in [0.15, 0.2) is 5.69 Å². The number of hydrogen-bond acceptors (Lipinski definition) is 4. The summed E-state index contributed by atoms with van der Waals surface area (Å²) in [6.07, 6.45) is 5.60. The largest absolute Gasteiger partial charge is 0.287 e. The van der Waals surface area contributed by atoms with E-state index in [1.807, 2.05) is 6.07 Å². The van der Waals surface area contributed by atoms with Gasteiger partial charge in [0.2, 0.25) is 5.78 Å². The Bertz CT molecular complexity index is 555. The predicted molar refractivity (Wildman–Crippen MR) is 67.4 cm³/mol. The van der Waals surface area contributed by atoms with Crippen LogP contribution in [0.4, 0.5) is 0 Å². The minimum absolute atomic E-state index is 0.00886. The second kappa shape index (κ2) is 5.87. The average molecular weight is 290 g/mol. The van der Waals surface area contributed by atoms with E-state index in [1.54, 1.807) is 0 Å². The quantitative estimate of drug-likeness (QED) is 0.485. The summed E-state index contributed by atoms with van der Waals surface area (Å²) in [7, 11) is 0. The number of ketones is 1. The maximum atomic E-state index is 12.0. The Balaban J connectivity index is 3.25. The fraction of sp³-hybridized carbons (Fsp3) is 0. The second-order valence-electron chi connectivity index (χ2n) is 2.95. The standard InChI is InChI=1S/C12H8BrN3O/c1-3-9(6-8(2)13)12(17)11-10(7-14)15-4-5-16-11/h3-6H,1-2H2/b9-6+. The molecule has 0 bridgehead atoms. The van der Waals surface area contributed by atoms with Crippen molar-refractivity contribution in [2.75, 3.05) is 0 Å². The third-order valence-electron chi connectivity index (χ3n) is 1.81. The number of aromatic nitrogens is 2. The Morgan fingerprint density at radius 3 is 2.65 bits per heavy atom. The van der Waals surface area contributed by atoms with Crippen molar-refractivity contribution in [3.8, 4) is 6.07 Å². The van der Waals surface area contributed by atoms with Crippen molar-refractivity contribution in [1.82, 2.24) is 9.97 Å². The fourth-order valence-corrected chi connectivity index (χ4v) is 1.36. The van der Waals surface area contributed by atoms with Crippen LogP contribution in [0.5, 0.6) is 0 Å². The second-order valence-corrected chi connectivity index (χ2v) is 3.96. The Morgan fingerprint density at radius 1 is 1.47 bits per heavy atom. The minimum atomic E-state index is -0.412. The first-order valence-corrected chi connectivity index (χ1v) is 5.33. The zero-order valence-electron chi connectivity index (χ0n) is 8.85. The zero-order chi connectivity index (χ0) is 12.8. The van der Waals surface area contributed by atoms with Crippen molar-refractivity contribution in [2.45, 2.75) is 0 Å². The van der Waals surface area contributed by atoms with Gasteiger partial charge in [-0.2, -0.15) is 5.26 Å². The lowest BCUT2D eigenvalue weighted by Gasteiger charge is -2.01. The van der Waals surface area contributed by atoms with Crippen LogP contribution in [0.2, 0.25) is 0 Å². The summed E-state index contributed by atoms with van der Waals surface area (Å²) >= 11 is 3.12. The fourth-order valence-electron chi connectivity index (χ4n) is 1.11. The van der Waals surface area contributed by atoms with Crippen LogP contribution in [0.3, 0.4) is 0 Å². The van der Waals surface area contributed by atoms with E-state index >= 15 is 0 Å². The van der Waals surface area contributed by atoms with Crippen LogP contribution in [0.1, 0.15) is 16.2 Å². The van der Waals surface area contributed by atoms with E-state index in [4.69, 9.17) is 5.26 Å². The highest BCUT2D eigenvalue weighted by Crippen LogP contribution is 2.14. The Kier molecular flexibility index (Phi) is 4.49. The van der Waals surface area contributed by atoms with Gasteiger partial charge in [0.05, 0.1) is 0 Å². The molecule has 0 aliphatic heterocycles. The number of rotatable bonds is 4. The molecule has 1 rings (SSSR count). The van der Waals surface area contributed by atoms with Crippen LogP contribution in [-0.2, 0) is 0 Å². The molecule has 0 atom stereocenters. The van der Waals surface area contributed by atoms with Crippen molar-refractivity contribution in [2.24, 2.45) is 0 Å². The van der Waals surface area contributed by atoms with Crippen LogP contribution in [0.15, 0.2) is 47.8 Å². The van der Waals surface area contributed by atoms with Gasteiger partial charge in [-0.3, -0.25) is 4.79 Å². The highest BCUT2D eigenvalue weighted by molar-refractivity contribution is 9.11. The summed E-state index contributed by atoms with van der Waals surface area (Å²) in [4.78, 5) is 19.7. The van der Waals surface area contributed by atoms with E-state index in [0.717, 1.165) is 0 Å². The van der Waals surface area contributed by atoms with Crippen molar-refractivity contribution < 1.29 is 4.79 Å². The summed E-state index contributed by atoms with van der Waals surface area (Å²) in [6, 6.07) is 1.82. The number of nitriles is 1. The van der Waals surface area contributed by atoms with E-state index in [-0.39, 0.29) is 11.4 Å². The van der Waals surface area contributed by atoms with Gasteiger partial charge in [0, 0.05) is 22.4 Å². The number of nitrogens with zero attached hydrogens (tertiary/aromatic N) is 3. The van der Waals surface area contributed by atoms with Crippen LogP contribution < -0.4 is 0 Å². The Morgan fingerprint density at radius 2 is 2.12 bits per heavy atom. The van der Waals surface area contributed by atoms with Gasteiger partial charge < -0.3 is 0 Å². The highest BCUT2D eigenvalue weighted by Gasteiger charge is 2.16. The smallest absolute Gasteiger partial charge is 0.214 e. The van der Waals surface area contributed by atoms with E-state index in [9.17, 15) is 4.79 Å². The van der Waals surface area contributed by atoms with E-state index in [1.165, 1.54) is 24.5 Å². The molecule has 0 radical (unpaired) electrons. The molecule has 1 aromatic rings. The third-order valence-corrected chi connectivity index (χ3v) is 2.04. The van der Waals surface area contributed by atoms with E-state index < -0.39 is 5.78 Å². The molecule has 0 amide bonds. The van der Waals surface area contributed by atoms with Gasteiger partial charge in [-0.05, 0) is 6.08 Å². The SMILES string of the molecule is C=C/C(=C\C(=C)Br)C(=O)c1nccnc1C#N. The number of Topliss-reactive ketones (excluding diaryl/α,β-unsaturated/α-hetero) is 1. The third kappa shape index (κ3) is 3.20. The Hall–Kier alpha value is -2.06. The van der Waals surface area contributed by atoms with Crippen LogP contribution >= 0.6 is 15.9 Å². The zero-order valence-corrected chi connectivity index (χ0v) is 10.4. The van der Waals surface area contributed by atoms with Gasteiger partial charge in [0.25, 0.3) is 0 Å². The molecule has 0 saturated carbocycles. The van der Waals surface area contributed by atoms with Crippen molar-refractivity contribution in [3.63, 3.8) is 0 Å². The maximum absolute atomic E-state index is 12.0. The highest BCUT2D eigenvalue weighted by atomic mass is 79.9. The molecule has 0 spiro atoms. The maximum Gasteiger partial charge on any atom is 0.214 e. The molecule has 4 nitrogen and oxygen atoms in total. The molecule has 0 aromatic carbocycles. The summed E-state index contributed by atoms with van der Waals surface area (Å²) in [5.41, 5.74) is 0.296. The number of hydrogen-bond donors (Lipinski definition) is 0. The number of carbonyl (C=O) groups is 1. The molecule has 0 aliphatic rings. The topological polar surface area (TPSA) is 66.6 Å². The van der Waals surface area contributed by atoms with Crippen LogP contribution in [0, 0.1) is 11.3 Å². The van der Waals surface area contributed by atoms with Gasteiger partial charge in [-0.25, -0.2) is 9.97 Å². The molecular formula is C12H8BrN3O. The number of halogens is 1. The molecule has 5 heteroatoms. The van der Waals surface area contributed by atoms with Crippen molar-refractivity contribution in [3.05, 3.63) is 59.1 Å². The number of allylic oxidation sites excluding steroid dienone is 4. The van der Waals surface area contributed by atoms with E-state index in [2.05, 4.69) is 39.1 Å². The van der Waals surface area contributed by atoms with Gasteiger partial charge >= 0.3 is 0 Å². The summed E-state index contributed by atoms with van der Waals surface area (Å²) in [6.45, 7) is 7.13. The van der Waals surface area contributed by atoms with Crippen molar-refractivity contribution in [1.29, 1.82) is 5.26 Å². The lowest BCUT2D eigenvalue weighted by Crippen LogP contribution is -2.08. The molecule has 1 aromatic heterocycles. The molecule has 17 heavy (non-hydrogen) atoms. The molecule has 0 saturated heterocycles. The predicted octanol–water partition coefficient (Wildman–Crippen LogP) is 2.55. The molecule has 0 N–H and O–H groups in total. The summed E-state index contributed by atoms with van der Waals surface area (Å²) < 4.78 is 0.531. The van der Waals surface area contributed by atoms with Gasteiger partial charge in [-0.1, -0.05) is 35.2 Å². The minimum Gasteiger partial charge on any atom is -0.287 e. The van der Waals surface area contributed by atoms with E-state index in [0.29, 0.717) is 10.1 Å². The lowest BCUT2D eigenvalue weighted by molar-refractivity contribution is 0.103. The Labute approximate surface area is 107 Å². The normalized spacial score (nSPS) is 10.5. The van der Waals surface area contributed by atoms with Gasteiger partial charge in [0.1, 0.15) is 11.8 Å². The van der Waals surface area contributed by atoms with Crippen LogP contribution in [-0.4, -0.2) is 15.8 Å². The molecule has 0 fully saturated rings. The first-order valence-electron chi connectivity index (χ1n) is 4.54.